The van der Waals surface area contributed by atoms with Gasteiger partial charge in [0, 0.05) is 11.8 Å². The van der Waals surface area contributed by atoms with Gasteiger partial charge in [-0.05, 0) is 18.2 Å². The third-order valence-electron chi connectivity index (χ3n) is 2.10. The van der Waals surface area contributed by atoms with Crippen molar-refractivity contribution in [2.24, 2.45) is 0 Å². The number of carbonyl (C=O) groups is 1. The van der Waals surface area contributed by atoms with E-state index in [4.69, 9.17) is 15.6 Å². The summed E-state index contributed by atoms with van der Waals surface area (Å²) in [6.45, 7) is 0.140. The van der Waals surface area contributed by atoms with Gasteiger partial charge in [0.05, 0.1) is 0 Å². The van der Waals surface area contributed by atoms with Crippen LogP contribution in [0.25, 0.3) is 0 Å². The minimum Gasteiger partial charge on any atom is -0.486 e. The smallest absolute Gasteiger partial charge is 0.339 e. The summed E-state index contributed by atoms with van der Waals surface area (Å²) in [4.78, 5) is 11.0. The van der Waals surface area contributed by atoms with E-state index >= 15 is 0 Å². The Labute approximate surface area is 96.6 Å². The molecule has 88 valence electrons. The number of ether oxygens (including phenoxy) is 1. The van der Waals surface area contributed by atoms with Gasteiger partial charge in [0.2, 0.25) is 0 Å². The molecule has 0 atom stereocenters. The van der Waals surface area contributed by atoms with Crippen LogP contribution in [-0.2, 0) is 6.61 Å². The molecule has 0 bridgehead atoms. The molecule has 0 aliphatic rings. The van der Waals surface area contributed by atoms with E-state index in [1.807, 2.05) is 0 Å². The van der Waals surface area contributed by atoms with Gasteiger partial charge in [0.1, 0.15) is 29.9 Å². The number of benzene rings is 1. The predicted octanol–water partition coefficient (Wildman–Crippen LogP) is 1.53. The highest BCUT2D eigenvalue weighted by molar-refractivity contribution is 5.92. The van der Waals surface area contributed by atoms with E-state index in [0.717, 1.165) is 0 Å². The monoisotopic (exact) mass is 234 g/mol. The number of carboxylic acids is 1. The molecule has 0 saturated carbocycles. The minimum atomic E-state index is -1.09. The fraction of sp³-hybridized carbons (Fsp3) is 0.0909. The van der Waals surface area contributed by atoms with Crippen LogP contribution in [0, 0.1) is 0 Å². The van der Waals surface area contributed by atoms with Crippen LogP contribution in [0.15, 0.2) is 35.1 Å². The Morgan fingerprint density at radius 3 is 2.94 bits per heavy atom. The molecular formula is C11H10N2O4. The quantitative estimate of drug-likeness (QED) is 0.778. The number of nitrogens with zero attached hydrogens (tertiary/aromatic N) is 1. The number of nitrogens with two attached hydrogens (primary N) is 1. The van der Waals surface area contributed by atoms with Crippen molar-refractivity contribution < 1.29 is 19.2 Å². The van der Waals surface area contributed by atoms with Crippen LogP contribution in [0.1, 0.15) is 16.1 Å². The number of carboxylic acid groups (broad SMARTS) is 1. The number of hydrogen-bond acceptors (Lipinski definition) is 5. The first kappa shape index (κ1) is 11.0. The Kier molecular flexibility index (Phi) is 2.95. The molecule has 0 unspecified atom stereocenters. The van der Waals surface area contributed by atoms with Gasteiger partial charge in [-0.2, -0.15) is 0 Å². The van der Waals surface area contributed by atoms with E-state index in [0.29, 0.717) is 11.4 Å². The van der Waals surface area contributed by atoms with Gasteiger partial charge in [0.25, 0.3) is 0 Å². The first-order valence-electron chi connectivity index (χ1n) is 4.81. The van der Waals surface area contributed by atoms with E-state index in [2.05, 4.69) is 9.68 Å². The molecule has 1 aromatic carbocycles. The lowest BCUT2D eigenvalue weighted by molar-refractivity contribution is 0.0691. The summed E-state index contributed by atoms with van der Waals surface area (Å²) in [5, 5.41) is 12.6. The van der Waals surface area contributed by atoms with E-state index < -0.39 is 5.97 Å². The fourth-order valence-corrected chi connectivity index (χ4v) is 1.30. The highest BCUT2D eigenvalue weighted by Gasteiger charge is 2.12. The zero-order valence-corrected chi connectivity index (χ0v) is 8.79. The molecule has 0 saturated heterocycles. The Morgan fingerprint density at radius 2 is 2.29 bits per heavy atom. The summed E-state index contributed by atoms with van der Waals surface area (Å²) in [7, 11) is 0. The zero-order valence-electron chi connectivity index (χ0n) is 8.79. The van der Waals surface area contributed by atoms with Crippen LogP contribution >= 0.6 is 0 Å². The molecule has 0 radical (unpaired) electrons. The molecule has 0 fully saturated rings. The molecule has 1 aromatic heterocycles. The second-order valence-electron chi connectivity index (χ2n) is 3.34. The van der Waals surface area contributed by atoms with Crippen LogP contribution in [0.5, 0.6) is 5.75 Å². The van der Waals surface area contributed by atoms with E-state index in [-0.39, 0.29) is 17.9 Å². The van der Waals surface area contributed by atoms with E-state index in [1.54, 1.807) is 12.1 Å². The number of rotatable bonds is 4. The lowest BCUT2D eigenvalue weighted by atomic mass is 10.2. The molecule has 6 nitrogen and oxygen atoms in total. The Morgan fingerprint density at radius 1 is 1.47 bits per heavy atom. The summed E-state index contributed by atoms with van der Waals surface area (Å²) in [5.74, 6) is -0.845. The maximum Gasteiger partial charge on any atom is 0.339 e. The van der Waals surface area contributed by atoms with Gasteiger partial charge in [-0.1, -0.05) is 5.16 Å². The molecule has 0 amide bonds. The van der Waals surface area contributed by atoms with Gasteiger partial charge < -0.3 is 20.1 Å². The van der Waals surface area contributed by atoms with Gasteiger partial charge in [0.15, 0.2) is 0 Å². The molecule has 3 N–H and O–H groups in total. The number of aromatic nitrogens is 1. The fourth-order valence-electron chi connectivity index (χ4n) is 1.30. The first-order valence-corrected chi connectivity index (χ1v) is 4.81. The summed E-state index contributed by atoms with van der Waals surface area (Å²) in [5.41, 5.74) is 6.48. The van der Waals surface area contributed by atoms with Crippen molar-refractivity contribution in [1.82, 2.24) is 5.16 Å². The molecular weight excluding hydrogens is 224 g/mol. The normalized spacial score (nSPS) is 10.1. The van der Waals surface area contributed by atoms with Crippen LogP contribution in [0.3, 0.4) is 0 Å². The lowest BCUT2D eigenvalue weighted by Gasteiger charge is -2.08. The van der Waals surface area contributed by atoms with Crippen molar-refractivity contribution in [3.05, 3.63) is 41.8 Å². The third kappa shape index (κ3) is 2.54. The van der Waals surface area contributed by atoms with E-state index in [9.17, 15) is 4.79 Å². The highest BCUT2D eigenvalue weighted by Crippen LogP contribution is 2.22. The lowest BCUT2D eigenvalue weighted by Crippen LogP contribution is -2.04. The van der Waals surface area contributed by atoms with Crippen molar-refractivity contribution in [3.8, 4) is 5.75 Å². The molecule has 0 aliphatic carbocycles. The maximum absolute atomic E-state index is 11.0. The molecule has 2 rings (SSSR count). The Hall–Kier alpha value is -2.50. The van der Waals surface area contributed by atoms with Crippen molar-refractivity contribution >= 4 is 11.7 Å². The largest absolute Gasteiger partial charge is 0.486 e. The Bertz CT molecular complexity index is 522. The average Bonchev–Trinajstić information content (AvgIpc) is 2.80. The van der Waals surface area contributed by atoms with Crippen LogP contribution in [0.4, 0.5) is 5.69 Å². The van der Waals surface area contributed by atoms with Crippen molar-refractivity contribution in [2.75, 3.05) is 5.73 Å². The molecule has 6 heteroatoms. The highest BCUT2D eigenvalue weighted by atomic mass is 16.5. The molecule has 1 heterocycles. The summed E-state index contributed by atoms with van der Waals surface area (Å²) in [6.07, 6.45) is 1.42. The van der Waals surface area contributed by atoms with E-state index in [1.165, 1.54) is 18.4 Å². The van der Waals surface area contributed by atoms with Gasteiger partial charge in [-0.3, -0.25) is 0 Å². The summed E-state index contributed by atoms with van der Waals surface area (Å²) >= 11 is 0. The number of anilines is 1. The van der Waals surface area contributed by atoms with Gasteiger partial charge >= 0.3 is 5.97 Å². The van der Waals surface area contributed by atoms with Crippen LogP contribution in [-0.4, -0.2) is 16.2 Å². The average molecular weight is 234 g/mol. The van der Waals surface area contributed by atoms with Gasteiger partial charge in [-0.25, -0.2) is 4.79 Å². The molecule has 0 spiro atoms. The standard InChI is InChI=1S/C11H10N2O4/c12-7-1-2-10(9(5-7)11(14)15)16-6-8-3-4-17-13-8/h1-5H,6,12H2,(H,14,15). The van der Waals surface area contributed by atoms with Gasteiger partial charge in [-0.15, -0.1) is 0 Å². The summed E-state index contributed by atoms with van der Waals surface area (Å²) < 4.78 is 9.97. The van der Waals surface area contributed by atoms with Crippen molar-refractivity contribution in [1.29, 1.82) is 0 Å². The molecule has 0 aliphatic heterocycles. The number of nitrogen functional groups attached to an aromatic ring is 1. The third-order valence-corrected chi connectivity index (χ3v) is 2.10. The van der Waals surface area contributed by atoms with Crippen LogP contribution in [0.2, 0.25) is 0 Å². The predicted molar refractivity (Wildman–Crippen MR) is 58.6 cm³/mol. The SMILES string of the molecule is Nc1ccc(OCc2ccon2)c(C(=O)O)c1. The maximum atomic E-state index is 11.0. The minimum absolute atomic E-state index is 0.0218. The zero-order chi connectivity index (χ0) is 12.3. The molecule has 2 aromatic rings. The topological polar surface area (TPSA) is 98.6 Å². The second-order valence-corrected chi connectivity index (χ2v) is 3.34. The summed E-state index contributed by atoms with van der Waals surface area (Å²) in [6, 6.07) is 6.07. The molecule has 17 heavy (non-hydrogen) atoms. The van der Waals surface area contributed by atoms with Crippen LogP contribution < -0.4 is 10.5 Å². The second kappa shape index (κ2) is 4.56. The number of hydrogen-bond donors (Lipinski definition) is 2. The Balaban J connectivity index is 2.17. The first-order chi connectivity index (χ1) is 8.16. The van der Waals surface area contributed by atoms with Crippen molar-refractivity contribution in [2.45, 2.75) is 6.61 Å². The number of aromatic carboxylic acids is 1. The van der Waals surface area contributed by atoms with Crippen molar-refractivity contribution in [3.63, 3.8) is 0 Å².